The van der Waals surface area contributed by atoms with Crippen LogP contribution in [0.5, 0.6) is 5.88 Å². The van der Waals surface area contributed by atoms with Crippen LogP contribution >= 0.6 is 0 Å². The van der Waals surface area contributed by atoms with E-state index in [9.17, 15) is 4.79 Å². The first-order chi connectivity index (χ1) is 10.7. The van der Waals surface area contributed by atoms with Gasteiger partial charge in [-0.2, -0.15) is 15.3 Å². The third-order valence-corrected chi connectivity index (χ3v) is 3.90. The van der Waals surface area contributed by atoms with Crippen LogP contribution in [0.3, 0.4) is 0 Å². The molecule has 7 nitrogen and oxygen atoms in total. The highest BCUT2D eigenvalue weighted by Crippen LogP contribution is 2.36. The summed E-state index contributed by atoms with van der Waals surface area (Å²) in [5, 5.41) is 15.2. The van der Waals surface area contributed by atoms with Crippen molar-refractivity contribution in [3.63, 3.8) is 0 Å². The molecule has 0 bridgehead atoms. The van der Waals surface area contributed by atoms with E-state index >= 15 is 0 Å². The van der Waals surface area contributed by atoms with Crippen molar-refractivity contribution in [3.05, 3.63) is 11.8 Å². The van der Waals surface area contributed by atoms with E-state index in [1.807, 2.05) is 0 Å². The highest BCUT2D eigenvalue weighted by molar-refractivity contribution is 5.96. The first-order valence-corrected chi connectivity index (χ1v) is 7.58. The molecule has 22 heavy (non-hydrogen) atoms. The normalized spacial score (nSPS) is 17.8. The molecule has 3 rings (SSSR count). The van der Waals surface area contributed by atoms with Crippen LogP contribution in [0.2, 0.25) is 0 Å². The average Bonchev–Trinajstić information content (AvgIpc) is 3.24. The van der Waals surface area contributed by atoms with E-state index in [0.717, 1.165) is 25.8 Å². The summed E-state index contributed by atoms with van der Waals surface area (Å²) in [6.45, 7) is 1.91. The van der Waals surface area contributed by atoms with Gasteiger partial charge in [0.2, 0.25) is 5.88 Å². The summed E-state index contributed by atoms with van der Waals surface area (Å²) in [5.74, 6) is 2.99. The number of fused-ring (bicyclic) bond motifs is 1. The van der Waals surface area contributed by atoms with E-state index in [1.165, 1.54) is 0 Å². The van der Waals surface area contributed by atoms with Crippen LogP contribution < -0.4 is 10.1 Å². The van der Waals surface area contributed by atoms with E-state index in [0.29, 0.717) is 37.4 Å². The molecule has 1 aromatic rings. The van der Waals surface area contributed by atoms with Crippen LogP contribution in [-0.2, 0) is 6.54 Å². The number of terminal acetylenes is 1. The predicted molar refractivity (Wildman–Crippen MR) is 79.6 cm³/mol. The molecule has 2 aliphatic rings. The number of amides is 1. The maximum Gasteiger partial charge on any atom is 0.258 e. The summed E-state index contributed by atoms with van der Waals surface area (Å²) in [4.78, 5) is 12.3. The van der Waals surface area contributed by atoms with Crippen LogP contribution in [0.15, 0.2) is 16.4 Å². The third-order valence-electron chi connectivity index (χ3n) is 3.90. The number of carbonyl (C=O) groups is 1. The molecular formula is C15H19N5O2. The van der Waals surface area contributed by atoms with Crippen molar-refractivity contribution in [2.75, 3.05) is 13.2 Å². The summed E-state index contributed by atoms with van der Waals surface area (Å²) in [5.41, 5.74) is 0.121. The lowest BCUT2D eigenvalue weighted by Gasteiger charge is -2.10. The molecule has 0 unspecified atom stereocenters. The fraction of sp³-hybridized carbons (Fsp3) is 0.600. The molecule has 0 fully saturated rings. The Morgan fingerprint density at radius 1 is 1.45 bits per heavy atom. The van der Waals surface area contributed by atoms with Crippen LogP contribution in [0.25, 0.3) is 0 Å². The molecule has 0 saturated heterocycles. The molecule has 3 heterocycles. The van der Waals surface area contributed by atoms with E-state index in [4.69, 9.17) is 11.2 Å². The number of aryl methyl sites for hydroxylation is 1. The molecular weight excluding hydrogens is 282 g/mol. The van der Waals surface area contributed by atoms with Crippen molar-refractivity contribution in [3.8, 4) is 18.2 Å². The Hall–Kier alpha value is -2.36. The maximum absolute atomic E-state index is 12.3. The van der Waals surface area contributed by atoms with Crippen LogP contribution in [0.1, 0.15) is 42.5 Å². The number of nitrogens with zero attached hydrogens (tertiary/aromatic N) is 4. The van der Waals surface area contributed by atoms with Crippen LogP contribution in [0, 0.1) is 12.3 Å². The maximum atomic E-state index is 12.3. The summed E-state index contributed by atoms with van der Waals surface area (Å²) >= 11 is 0. The molecule has 0 atom stereocenters. The molecule has 1 amide bonds. The predicted octanol–water partition coefficient (Wildman–Crippen LogP) is 1.75. The largest absolute Gasteiger partial charge is 0.477 e. The molecule has 7 heteroatoms. The number of carbonyl (C=O) groups excluding carboxylic acids is 1. The minimum atomic E-state index is -0.369. The van der Waals surface area contributed by atoms with Gasteiger partial charge in [0, 0.05) is 32.4 Å². The van der Waals surface area contributed by atoms with Crippen LogP contribution in [0.4, 0.5) is 0 Å². The van der Waals surface area contributed by atoms with Gasteiger partial charge in [0.05, 0.1) is 12.8 Å². The van der Waals surface area contributed by atoms with Crippen molar-refractivity contribution >= 4 is 5.91 Å². The molecule has 116 valence electrons. The standard InChI is InChI=1S/C15H19N5O2/c1-2-3-6-15(18-19-15)7-8-16-13(21)12-11-17-20-9-4-5-10-22-14(12)20/h1,11H,3-10H2,(H,16,21). The molecule has 1 aromatic heterocycles. The zero-order valence-corrected chi connectivity index (χ0v) is 12.4. The molecule has 0 aliphatic carbocycles. The van der Waals surface area contributed by atoms with Crippen LogP contribution in [-0.4, -0.2) is 34.5 Å². The van der Waals surface area contributed by atoms with E-state index in [1.54, 1.807) is 10.9 Å². The molecule has 0 radical (unpaired) electrons. The summed E-state index contributed by atoms with van der Waals surface area (Å²) in [6, 6.07) is 0. The van der Waals surface area contributed by atoms with E-state index in [-0.39, 0.29) is 11.6 Å². The van der Waals surface area contributed by atoms with Gasteiger partial charge in [-0.1, -0.05) is 0 Å². The highest BCUT2D eigenvalue weighted by atomic mass is 16.5. The topological polar surface area (TPSA) is 80.9 Å². The van der Waals surface area contributed by atoms with E-state index < -0.39 is 0 Å². The first-order valence-electron chi connectivity index (χ1n) is 7.58. The zero-order valence-electron chi connectivity index (χ0n) is 12.4. The van der Waals surface area contributed by atoms with Crippen molar-refractivity contribution in [2.24, 2.45) is 10.2 Å². The van der Waals surface area contributed by atoms with Gasteiger partial charge in [-0.3, -0.25) is 4.79 Å². The number of ether oxygens (including phenoxy) is 1. The summed E-state index contributed by atoms with van der Waals surface area (Å²) in [6.07, 6.45) is 10.9. The smallest absolute Gasteiger partial charge is 0.258 e. The Balaban J connectivity index is 1.53. The Labute approximate surface area is 129 Å². The van der Waals surface area contributed by atoms with E-state index in [2.05, 4.69) is 26.6 Å². The van der Waals surface area contributed by atoms with Crippen molar-refractivity contribution < 1.29 is 9.53 Å². The molecule has 0 saturated carbocycles. The number of hydrogen-bond acceptors (Lipinski definition) is 5. The number of nitrogens with one attached hydrogen (secondary N) is 1. The van der Waals surface area contributed by atoms with Gasteiger partial charge >= 0.3 is 0 Å². The van der Waals surface area contributed by atoms with Crippen molar-refractivity contribution in [2.45, 2.75) is 44.3 Å². The fourth-order valence-electron chi connectivity index (χ4n) is 2.51. The van der Waals surface area contributed by atoms with Gasteiger partial charge in [0.1, 0.15) is 5.56 Å². The van der Waals surface area contributed by atoms with Gasteiger partial charge in [0.25, 0.3) is 5.91 Å². The Bertz CT molecular complexity index is 622. The van der Waals surface area contributed by atoms with Gasteiger partial charge in [-0.05, 0) is 12.8 Å². The summed E-state index contributed by atoms with van der Waals surface area (Å²) < 4.78 is 7.39. The molecule has 0 aromatic carbocycles. The first kappa shape index (κ1) is 14.6. The minimum absolute atomic E-state index is 0.170. The Morgan fingerprint density at radius 2 is 2.32 bits per heavy atom. The fourth-order valence-corrected chi connectivity index (χ4v) is 2.51. The van der Waals surface area contributed by atoms with Crippen molar-refractivity contribution in [1.82, 2.24) is 15.1 Å². The second-order valence-electron chi connectivity index (χ2n) is 5.53. The monoisotopic (exact) mass is 301 g/mol. The quantitative estimate of drug-likeness (QED) is 0.813. The number of hydrogen-bond donors (Lipinski definition) is 1. The molecule has 2 aliphatic heterocycles. The van der Waals surface area contributed by atoms with Gasteiger partial charge in [-0.15, -0.1) is 12.3 Å². The lowest BCUT2D eigenvalue weighted by molar-refractivity contribution is 0.0947. The molecule has 1 N–H and O–H groups in total. The zero-order chi connectivity index (χ0) is 15.4. The second-order valence-corrected chi connectivity index (χ2v) is 5.53. The lowest BCUT2D eigenvalue weighted by Crippen LogP contribution is -2.28. The highest BCUT2D eigenvalue weighted by Gasteiger charge is 2.38. The lowest BCUT2D eigenvalue weighted by atomic mass is 10.0. The minimum Gasteiger partial charge on any atom is -0.477 e. The SMILES string of the molecule is C#CCCC1(CCNC(=O)c2cnn3c2OCCCC3)N=N1. The molecule has 0 spiro atoms. The Kier molecular flexibility index (Phi) is 4.09. The number of aromatic nitrogens is 2. The van der Waals surface area contributed by atoms with Crippen molar-refractivity contribution in [1.29, 1.82) is 0 Å². The van der Waals surface area contributed by atoms with Gasteiger partial charge < -0.3 is 10.1 Å². The summed E-state index contributed by atoms with van der Waals surface area (Å²) in [7, 11) is 0. The van der Waals surface area contributed by atoms with Gasteiger partial charge in [-0.25, -0.2) is 4.68 Å². The second kappa shape index (κ2) is 6.18. The number of rotatable bonds is 6. The average molecular weight is 301 g/mol. The third kappa shape index (κ3) is 3.11. The Morgan fingerprint density at radius 3 is 3.09 bits per heavy atom. The van der Waals surface area contributed by atoms with Gasteiger partial charge in [0.15, 0.2) is 5.66 Å².